The highest BCUT2D eigenvalue weighted by Crippen LogP contribution is 2.29. The van der Waals surface area contributed by atoms with Gasteiger partial charge in [-0.25, -0.2) is 4.99 Å². The Morgan fingerprint density at radius 1 is 0.966 bits per heavy atom. The van der Waals surface area contributed by atoms with Crippen LogP contribution < -0.4 is 5.73 Å². The first-order valence-corrected chi connectivity index (χ1v) is 10.4. The van der Waals surface area contributed by atoms with Gasteiger partial charge >= 0.3 is 0 Å². The van der Waals surface area contributed by atoms with Gasteiger partial charge in [0.05, 0.1) is 19.6 Å². The number of nitrogens with zero attached hydrogens (tertiary/aromatic N) is 3. The number of morpholine rings is 1. The zero-order valence-electron chi connectivity index (χ0n) is 16.1. The van der Waals surface area contributed by atoms with Gasteiger partial charge < -0.3 is 20.3 Å². The SMILES string of the molecule is NC1(Cc2ccccc2Cl)C=C(N2CCOCC2)N=CN1Cc1ccccc1Cl. The molecular weight excluding hydrogens is 407 g/mol. The highest BCUT2D eigenvalue weighted by Gasteiger charge is 2.34. The van der Waals surface area contributed by atoms with Crippen molar-refractivity contribution >= 4 is 29.5 Å². The van der Waals surface area contributed by atoms with Gasteiger partial charge in [-0.15, -0.1) is 0 Å². The van der Waals surface area contributed by atoms with Crippen LogP contribution >= 0.6 is 23.2 Å². The third kappa shape index (κ3) is 4.59. The van der Waals surface area contributed by atoms with Crippen LogP contribution in [-0.2, 0) is 17.7 Å². The second-order valence-electron chi connectivity index (χ2n) is 7.33. The van der Waals surface area contributed by atoms with E-state index >= 15 is 0 Å². The van der Waals surface area contributed by atoms with Crippen molar-refractivity contribution in [2.45, 2.75) is 18.6 Å². The lowest BCUT2D eigenvalue weighted by molar-refractivity contribution is 0.0513. The molecule has 0 amide bonds. The van der Waals surface area contributed by atoms with Crippen molar-refractivity contribution in [1.82, 2.24) is 9.80 Å². The van der Waals surface area contributed by atoms with Gasteiger partial charge in [-0.2, -0.15) is 0 Å². The van der Waals surface area contributed by atoms with Crippen LogP contribution in [-0.4, -0.2) is 48.1 Å². The van der Waals surface area contributed by atoms with Gasteiger partial charge in [-0.3, -0.25) is 0 Å². The van der Waals surface area contributed by atoms with Crippen molar-refractivity contribution in [3.8, 4) is 0 Å². The number of rotatable bonds is 5. The van der Waals surface area contributed by atoms with E-state index in [-0.39, 0.29) is 0 Å². The van der Waals surface area contributed by atoms with Crippen LogP contribution in [0.1, 0.15) is 11.1 Å². The molecule has 29 heavy (non-hydrogen) atoms. The Kier molecular flexibility index (Phi) is 6.11. The molecule has 0 saturated carbocycles. The molecule has 0 bridgehead atoms. The minimum Gasteiger partial charge on any atom is -0.378 e. The zero-order valence-corrected chi connectivity index (χ0v) is 17.6. The summed E-state index contributed by atoms with van der Waals surface area (Å²) >= 11 is 12.8. The summed E-state index contributed by atoms with van der Waals surface area (Å²) in [5.74, 6) is 0.873. The average Bonchev–Trinajstić information content (AvgIpc) is 2.73. The molecule has 2 aromatic rings. The largest absolute Gasteiger partial charge is 0.378 e. The Morgan fingerprint density at radius 3 is 2.24 bits per heavy atom. The number of aliphatic imine (C=N–C) groups is 1. The van der Waals surface area contributed by atoms with E-state index in [0.29, 0.717) is 36.2 Å². The van der Waals surface area contributed by atoms with Crippen LogP contribution in [0.2, 0.25) is 10.0 Å². The summed E-state index contributed by atoms with van der Waals surface area (Å²) in [5.41, 5.74) is 8.20. The molecule has 0 spiro atoms. The highest BCUT2D eigenvalue weighted by molar-refractivity contribution is 6.31. The fourth-order valence-electron chi connectivity index (χ4n) is 3.64. The van der Waals surface area contributed by atoms with Crippen molar-refractivity contribution < 1.29 is 4.74 Å². The molecule has 2 aliphatic heterocycles. The molecule has 2 aromatic carbocycles. The summed E-state index contributed by atoms with van der Waals surface area (Å²) in [5, 5.41) is 1.42. The van der Waals surface area contributed by atoms with E-state index in [2.05, 4.69) is 4.90 Å². The minimum absolute atomic E-state index is 0.553. The van der Waals surface area contributed by atoms with E-state index in [1.165, 1.54) is 0 Å². The van der Waals surface area contributed by atoms with Gasteiger partial charge in [0.25, 0.3) is 0 Å². The van der Waals surface area contributed by atoms with Crippen LogP contribution in [0.3, 0.4) is 0 Å². The monoisotopic (exact) mass is 430 g/mol. The normalized spacial score (nSPS) is 22.0. The van der Waals surface area contributed by atoms with Gasteiger partial charge in [0, 0.05) is 36.1 Å². The quantitative estimate of drug-likeness (QED) is 0.780. The number of nitrogens with two attached hydrogens (primary N) is 1. The Labute approximate surface area is 181 Å². The number of hydrogen-bond donors (Lipinski definition) is 1. The van der Waals surface area contributed by atoms with Crippen LogP contribution in [0.25, 0.3) is 0 Å². The molecule has 152 valence electrons. The second kappa shape index (κ2) is 8.76. The van der Waals surface area contributed by atoms with Gasteiger partial charge in [0.15, 0.2) is 0 Å². The first kappa shape index (κ1) is 20.2. The van der Waals surface area contributed by atoms with E-state index < -0.39 is 5.66 Å². The van der Waals surface area contributed by atoms with Gasteiger partial charge in [-0.1, -0.05) is 59.6 Å². The van der Waals surface area contributed by atoms with Gasteiger partial charge in [-0.05, 0) is 29.3 Å². The van der Waals surface area contributed by atoms with Gasteiger partial charge in [0.1, 0.15) is 11.5 Å². The molecule has 1 fully saturated rings. The van der Waals surface area contributed by atoms with Crippen molar-refractivity contribution in [2.24, 2.45) is 10.7 Å². The van der Waals surface area contributed by atoms with Crippen LogP contribution in [0, 0.1) is 0 Å². The third-order valence-electron chi connectivity index (χ3n) is 5.31. The maximum atomic E-state index is 7.00. The van der Waals surface area contributed by atoms with Crippen LogP contribution in [0.5, 0.6) is 0 Å². The number of halogens is 2. The van der Waals surface area contributed by atoms with E-state index in [1.807, 2.05) is 65.8 Å². The lowest BCUT2D eigenvalue weighted by Gasteiger charge is -2.42. The minimum atomic E-state index is -0.792. The summed E-state index contributed by atoms with van der Waals surface area (Å²) < 4.78 is 5.47. The molecule has 0 aromatic heterocycles. The number of benzene rings is 2. The zero-order chi connectivity index (χ0) is 20.3. The maximum Gasteiger partial charge on any atom is 0.130 e. The Bertz CT molecular complexity index is 927. The molecule has 0 aliphatic carbocycles. The molecule has 1 unspecified atom stereocenters. The summed E-state index contributed by atoms with van der Waals surface area (Å²) in [7, 11) is 0. The third-order valence-corrected chi connectivity index (χ3v) is 6.05. The van der Waals surface area contributed by atoms with Crippen molar-refractivity contribution in [3.05, 3.63) is 81.6 Å². The molecule has 4 rings (SSSR count). The van der Waals surface area contributed by atoms with Gasteiger partial charge in [0.2, 0.25) is 0 Å². The summed E-state index contributed by atoms with van der Waals surface area (Å²) in [6.07, 6.45) is 4.42. The molecule has 7 heteroatoms. The fraction of sp³-hybridized carbons (Fsp3) is 0.318. The predicted molar refractivity (Wildman–Crippen MR) is 118 cm³/mol. The molecule has 2 N–H and O–H groups in total. The summed E-state index contributed by atoms with van der Waals surface area (Å²) in [6.45, 7) is 3.54. The second-order valence-corrected chi connectivity index (χ2v) is 8.14. The lowest BCUT2D eigenvalue weighted by Crippen LogP contribution is -2.57. The Balaban J connectivity index is 1.66. The maximum absolute atomic E-state index is 7.00. The van der Waals surface area contributed by atoms with Crippen molar-refractivity contribution in [2.75, 3.05) is 26.3 Å². The van der Waals surface area contributed by atoms with Crippen molar-refractivity contribution in [3.63, 3.8) is 0 Å². The average molecular weight is 431 g/mol. The Hall–Kier alpha value is -2.05. The van der Waals surface area contributed by atoms with E-state index in [9.17, 15) is 0 Å². The lowest BCUT2D eigenvalue weighted by atomic mass is 9.96. The molecule has 2 heterocycles. The van der Waals surface area contributed by atoms with E-state index in [0.717, 1.165) is 30.0 Å². The Morgan fingerprint density at radius 2 is 1.59 bits per heavy atom. The predicted octanol–water partition coefficient (Wildman–Crippen LogP) is 3.91. The van der Waals surface area contributed by atoms with Crippen molar-refractivity contribution in [1.29, 1.82) is 0 Å². The molecular formula is C22H24Cl2N4O. The van der Waals surface area contributed by atoms with Crippen LogP contribution in [0.4, 0.5) is 0 Å². The fourth-order valence-corrected chi connectivity index (χ4v) is 4.04. The molecule has 5 nitrogen and oxygen atoms in total. The summed E-state index contributed by atoms with van der Waals surface area (Å²) in [4.78, 5) is 8.93. The molecule has 1 atom stereocenters. The number of ether oxygens (including phenoxy) is 1. The first-order chi connectivity index (χ1) is 14.0. The standard InChI is InChI=1S/C22H24Cl2N4O/c23-19-7-3-1-5-17(19)13-22(25)14-21(27-9-11-29-12-10-27)26-16-28(22)15-18-6-2-4-8-20(18)24/h1-8,14,16H,9-13,15,25H2. The van der Waals surface area contributed by atoms with Crippen LogP contribution in [0.15, 0.2) is 65.4 Å². The first-order valence-electron chi connectivity index (χ1n) is 9.67. The number of hydrogen-bond acceptors (Lipinski definition) is 5. The van der Waals surface area contributed by atoms with E-state index in [4.69, 9.17) is 38.7 Å². The topological polar surface area (TPSA) is 54.1 Å². The smallest absolute Gasteiger partial charge is 0.130 e. The molecule has 1 saturated heterocycles. The summed E-state index contributed by atoms with van der Waals surface area (Å²) in [6, 6.07) is 15.6. The molecule has 2 aliphatic rings. The van der Waals surface area contributed by atoms with E-state index in [1.54, 1.807) is 0 Å². The highest BCUT2D eigenvalue weighted by atomic mass is 35.5. The molecule has 0 radical (unpaired) electrons.